The second kappa shape index (κ2) is 9.93. The van der Waals surface area contributed by atoms with Crippen LogP contribution in [0.1, 0.15) is 70.0 Å². The predicted molar refractivity (Wildman–Crippen MR) is 147 cm³/mol. The lowest BCUT2D eigenvalue weighted by Gasteiger charge is -2.51. The van der Waals surface area contributed by atoms with Gasteiger partial charge in [-0.1, -0.05) is 39.3 Å². The molecule has 0 bridgehead atoms. The van der Waals surface area contributed by atoms with Crippen molar-refractivity contribution < 1.29 is 13.9 Å². The van der Waals surface area contributed by atoms with E-state index in [0.29, 0.717) is 12.1 Å². The van der Waals surface area contributed by atoms with Crippen molar-refractivity contribution >= 4 is 14.4 Å². The van der Waals surface area contributed by atoms with Crippen LogP contribution in [0.25, 0.3) is 11.8 Å². The number of hydrogen-bond donors (Lipinski definition) is 1. The van der Waals surface area contributed by atoms with Crippen LogP contribution in [0.15, 0.2) is 60.4 Å². The standard InChI is InChI=1S/C30H38FN3O2Si/c1-5-37(6-2,7-3)36-30(20-28(35)26-10-8-9-17-32-26)16-15-23-18-27-22(19-29(23,30)4)21-33-34(27)25-13-11-24(31)12-14-25/h8-14,17-18,21,28,35H,5-7,15-16,19-20H2,1-4H3/t28?,29-,30+/m0/s1. The smallest absolute Gasteiger partial charge is 0.192 e. The molecule has 0 saturated heterocycles. The van der Waals surface area contributed by atoms with E-state index in [1.54, 1.807) is 18.3 Å². The molecule has 0 aliphatic heterocycles. The van der Waals surface area contributed by atoms with Gasteiger partial charge in [0, 0.05) is 18.0 Å². The molecule has 3 aromatic rings. The number of aromatic nitrogens is 3. The van der Waals surface area contributed by atoms with Crippen molar-refractivity contribution in [2.75, 3.05) is 0 Å². The summed E-state index contributed by atoms with van der Waals surface area (Å²) in [5, 5.41) is 16.1. The van der Waals surface area contributed by atoms with E-state index in [9.17, 15) is 9.50 Å². The number of nitrogens with zero attached hydrogens (tertiary/aromatic N) is 3. The predicted octanol–water partition coefficient (Wildman–Crippen LogP) is 7.03. The second-order valence-corrected chi connectivity index (χ2v) is 15.6. The highest BCUT2D eigenvalue weighted by atomic mass is 28.4. The summed E-state index contributed by atoms with van der Waals surface area (Å²) < 4.78 is 22.9. The highest BCUT2D eigenvalue weighted by molar-refractivity contribution is 6.73. The molecule has 1 N–H and O–H groups in total. The van der Waals surface area contributed by atoms with Crippen LogP contribution < -0.4 is 0 Å². The van der Waals surface area contributed by atoms with E-state index < -0.39 is 20.0 Å². The van der Waals surface area contributed by atoms with E-state index in [4.69, 9.17) is 9.52 Å². The fourth-order valence-corrected chi connectivity index (χ4v) is 9.78. The number of pyridine rings is 1. The largest absolute Gasteiger partial charge is 0.410 e. The van der Waals surface area contributed by atoms with E-state index in [0.717, 1.165) is 54.3 Å². The summed E-state index contributed by atoms with van der Waals surface area (Å²) in [5.74, 6) is -0.254. The van der Waals surface area contributed by atoms with Gasteiger partial charge in [0.1, 0.15) is 5.82 Å². The van der Waals surface area contributed by atoms with Crippen molar-refractivity contribution in [1.82, 2.24) is 14.8 Å². The lowest BCUT2D eigenvalue weighted by Crippen LogP contribution is -2.55. The minimum atomic E-state index is -2.01. The van der Waals surface area contributed by atoms with E-state index in [1.165, 1.54) is 17.7 Å². The lowest BCUT2D eigenvalue weighted by molar-refractivity contribution is -0.0622. The average molecular weight is 520 g/mol. The molecule has 1 fully saturated rings. The van der Waals surface area contributed by atoms with Crippen molar-refractivity contribution in [2.45, 2.75) is 83.2 Å². The topological polar surface area (TPSA) is 60.2 Å². The Hall–Kier alpha value is -2.61. The summed E-state index contributed by atoms with van der Waals surface area (Å²) in [5.41, 5.74) is 4.37. The Morgan fingerprint density at radius 3 is 2.49 bits per heavy atom. The molecule has 1 saturated carbocycles. The molecular formula is C30H38FN3O2Si. The average Bonchev–Trinajstić information content (AvgIpc) is 3.44. The van der Waals surface area contributed by atoms with E-state index in [2.05, 4.69) is 38.8 Å². The Morgan fingerprint density at radius 2 is 1.84 bits per heavy atom. The monoisotopic (exact) mass is 519 g/mol. The van der Waals surface area contributed by atoms with Crippen LogP contribution in [-0.2, 0) is 10.8 Å². The fourth-order valence-electron chi connectivity index (χ4n) is 6.61. The molecule has 2 aliphatic rings. The normalized spacial score (nSPS) is 23.9. The van der Waals surface area contributed by atoms with Crippen LogP contribution in [0.5, 0.6) is 0 Å². The molecule has 0 spiro atoms. The van der Waals surface area contributed by atoms with Gasteiger partial charge in [0.05, 0.1) is 35.0 Å². The van der Waals surface area contributed by atoms with Gasteiger partial charge in [-0.05, 0) is 85.4 Å². The van der Waals surface area contributed by atoms with Crippen LogP contribution >= 0.6 is 0 Å². The summed E-state index contributed by atoms with van der Waals surface area (Å²) in [6.45, 7) is 9.13. The maximum Gasteiger partial charge on any atom is 0.192 e. The molecule has 5 nitrogen and oxygen atoms in total. The summed E-state index contributed by atoms with van der Waals surface area (Å²) in [6.07, 6.45) is 8.38. The number of rotatable bonds is 9. The zero-order valence-electron chi connectivity index (χ0n) is 22.4. The molecule has 2 aromatic heterocycles. The Morgan fingerprint density at radius 1 is 1.11 bits per heavy atom. The van der Waals surface area contributed by atoms with Gasteiger partial charge in [-0.2, -0.15) is 5.10 Å². The third-order valence-electron chi connectivity index (χ3n) is 9.22. The van der Waals surface area contributed by atoms with E-state index in [-0.39, 0.29) is 11.2 Å². The van der Waals surface area contributed by atoms with Gasteiger partial charge < -0.3 is 9.53 Å². The zero-order chi connectivity index (χ0) is 26.3. The number of fused-ring (bicyclic) bond motifs is 2. The first-order valence-electron chi connectivity index (χ1n) is 13.6. The Bertz CT molecular complexity index is 1260. The molecule has 5 rings (SSSR count). The fraction of sp³-hybridized carbons (Fsp3) is 0.467. The molecule has 1 unspecified atom stereocenters. The summed E-state index contributed by atoms with van der Waals surface area (Å²) >= 11 is 0. The molecule has 37 heavy (non-hydrogen) atoms. The molecule has 2 aliphatic carbocycles. The zero-order valence-corrected chi connectivity index (χ0v) is 23.4. The van der Waals surface area contributed by atoms with Crippen LogP contribution in [-0.4, -0.2) is 33.8 Å². The molecule has 0 amide bonds. The number of benzene rings is 1. The highest BCUT2D eigenvalue weighted by Crippen LogP contribution is 2.60. The Balaban J connectivity index is 1.57. The minimum Gasteiger partial charge on any atom is -0.410 e. The first-order chi connectivity index (χ1) is 17.8. The number of halogens is 1. The second-order valence-electron chi connectivity index (χ2n) is 10.9. The summed E-state index contributed by atoms with van der Waals surface area (Å²) in [7, 11) is -2.01. The van der Waals surface area contributed by atoms with Gasteiger partial charge in [0.15, 0.2) is 8.32 Å². The SMILES string of the molecule is CC[Si](CC)(CC)O[C@@]1(CC(O)c2ccccn2)CCC2=Cc3c(cnn3-c3ccc(F)cc3)C[C@@]21C. The molecule has 0 radical (unpaired) electrons. The highest BCUT2D eigenvalue weighted by Gasteiger charge is 2.59. The first kappa shape index (κ1) is 26.0. The maximum atomic E-state index is 13.6. The lowest BCUT2D eigenvalue weighted by atomic mass is 9.65. The van der Waals surface area contributed by atoms with Crippen LogP contribution in [0.2, 0.25) is 18.1 Å². The van der Waals surface area contributed by atoms with Gasteiger partial charge in [-0.15, -0.1) is 0 Å². The van der Waals surface area contributed by atoms with Crippen molar-refractivity contribution in [3.63, 3.8) is 0 Å². The van der Waals surface area contributed by atoms with Gasteiger partial charge in [-0.3, -0.25) is 4.98 Å². The molecule has 196 valence electrons. The van der Waals surface area contributed by atoms with E-state index >= 15 is 0 Å². The van der Waals surface area contributed by atoms with Crippen molar-refractivity contribution in [1.29, 1.82) is 0 Å². The Labute approximate surface area is 220 Å². The van der Waals surface area contributed by atoms with Gasteiger partial charge in [0.2, 0.25) is 0 Å². The van der Waals surface area contributed by atoms with Crippen LogP contribution in [0.3, 0.4) is 0 Å². The van der Waals surface area contributed by atoms with Crippen molar-refractivity contribution in [3.05, 3.63) is 83.2 Å². The molecule has 3 atom stereocenters. The summed E-state index contributed by atoms with van der Waals surface area (Å²) in [4.78, 5) is 4.47. The van der Waals surface area contributed by atoms with Crippen LogP contribution in [0, 0.1) is 11.2 Å². The Kier molecular flexibility index (Phi) is 6.98. The van der Waals surface area contributed by atoms with Gasteiger partial charge in [-0.25, -0.2) is 9.07 Å². The number of aliphatic hydroxyl groups is 1. The third kappa shape index (κ3) is 4.41. The van der Waals surface area contributed by atoms with Gasteiger partial charge in [0.25, 0.3) is 0 Å². The first-order valence-corrected chi connectivity index (χ1v) is 16.1. The third-order valence-corrected chi connectivity index (χ3v) is 13.9. The van der Waals surface area contributed by atoms with E-state index in [1.807, 2.05) is 29.1 Å². The molecular weight excluding hydrogens is 481 g/mol. The molecule has 1 aromatic carbocycles. The maximum absolute atomic E-state index is 13.6. The van der Waals surface area contributed by atoms with Crippen LogP contribution in [0.4, 0.5) is 4.39 Å². The summed E-state index contributed by atoms with van der Waals surface area (Å²) in [6, 6.07) is 15.4. The number of hydrogen-bond acceptors (Lipinski definition) is 4. The molecule has 2 heterocycles. The van der Waals surface area contributed by atoms with Gasteiger partial charge >= 0.3 is 0 Å². The molecule has 7 heteroatoms. The van der Waals surface area contributed by atoms with Crippen molar-refractivity contribution in [2.24, 2.45) is 5.41 Å². The van der Waals surface area contributed by atoms with Crippen molar-refractivity contribution in [3.8, 4) is 5.69 Å². The minimum absolute atomic E-state index is 0.254. The number of aliphatic hydroxyl groups excluding tert-OH is 1. The quantitative estimate of drug-likeness (QED) is 0.308.